The molecule has 4 rings (SSSR count). The first-order valence-electron chi connectivity index (χ1n) is 12.3. The van der Waals surface area contributed by atoms with Gasteiger partial charge in [0, 0.05) is 5.69 Å². The summed E-state index contributed by atoms with van der Waals surface area (Å²) in [6.07, 6.45) is 1.51. The van der Waals surface area contributed by atoms with Crippen LogP contribution in [0, 0.1) is 0 Å². The smallest absolute Gasteiger partial charge is 0.294 e. The molecule has 3 aromatic carbocycles. The number of hydrogen-bond acceptors (Lipinski definition) is 9. The topological polar surface area (TPSA) is 132 Å². The summed E-state index contributed by atoms with van der Waals surface area (Å²) >= 11 is 6.80. The monoisotopic (exact) mass is 611 g/mol. The molecule has 0 unspecified atom stereocenters. The number of hydrogen-bond donors (Lipinski definition) is 2. The predicted molar refractivity (Wildman–Crippen MR) is 159 cm³/mol. The Morgan fingerprint density at radius 3 is 2.29 bits per heavy atom. The van der Waals surface area contributed by atoms with Gasteiger partial charge in [-0.2, -0.15) is 0 Å². The summed E-state index contributed by atoms with van der Waals surface area (Å²) in [7, 11) is 4.41. The highest BCUT2D eigenvalue weighted by Crippen LogP contribution is 2.35. The van der Waals surface area contributed by atoms with Gasteiger partial charge >= 0.3 is 0 Å². The SMILES string of the molecule is COc1ccc(NC(=O)CN2C(=O)S/C(=C\c3ccc(OCC(=O)Nc4ccccc4OC)c(OC)c3)C2=O)cc1Cl. The quantitative estimate of drug-likeness (QED) is 0.286. The molecule has 0 radical (unpaired) electrons. The third-order valence-electron chi connectivity index (χ3n) is 5.84. The Morgan fingerprint density at radius 1 is 0.857 bits per heavy atom. The second kappa shape index (κ2) is 13.8. The molecule has 0 spiro atoms. The molecule has 3 aromatic rings. The highest BCUT2D eigenvalue weighted by Gasteiger charge is 2.36. The summed E-state index contributed by atoms with van der Waals surface area (Å²) in [5.41, 5.74) is 1.44. The maximum atomic E-state index is 12.9. The molecule has 1 fully saturated rings. The first-order valence-corrected chi connectivity index (χ1v) is 13.5. The minimum atomic E-state index is -0.611. The highest BCUT2D eigenvalue weighted by atomic mass is 35.5. The molecular weight excluding hydrogens is 586 g/mol. The summed E-state index contributed by atoms with van der Waals surface area (Å²) in [5.74, 6) is -0.0215. The number of methoxy groups -OCH3 is 3. The number of nitrogens with zero attached hydrogens (tertiary/aromatic N) is 1. The molecule has 1 saturated heterocycles. The van der Waals surface area contributed by atoms with E-state index in [2.05, 4.69) is 10.6 Å². The zero-order chi connectivity index (χ0) is 30.2. The maximum absolute atomic E-state index is 12.9. The number of anilines is 2. The van der Waals surface area contributed by atoms with Crippen molar-refractivity contribution in [3.8, 4) is 23.0 Å². The van der Waals surface area contributed by atoms with Crippen molar-refractivity contribution in [3.63, 3.8) is 0 Å². The van der Waals surface area contributed by atoms with E-state index < -0.39 is 29.5 Å². The molecule has 0 bridgehead atoms. The van der Waals surface area contributed by atoms with Gasteiger partial charge in [-0.15, -0.1) is 0 Å². The molecule has 1 heterocycles. The fourth-order valence-corrected chi connectivity index (χ4v) is 4.94. The van der Waals surface area contributed by atoms with E-state index in [0.717, 1.165) is 4.90 Å². The van der Waals surface area contributed by atoms with Gasteiger partial charge in [-0.05, 0) is 65.9 Å². The van der Waals surface area contributed by atoms with Crippen molar-refractivity contribution in [3.05, 3.63) is 76.2 Å². The van der Waals surface area contributed by atoms with Crippen LogP contribution in [0.2, 0.25) is 5.02 Å². The van der Waals surface area contributed by atoms with Crippen molar-refractivity contribution < 1.29 is 38.1 Å². The zero-order valence-electron chi connectivity index (χ0n) is 22.8. The largest absolute Gasteiger partial charge is 0.495 e. The zero-order valence-corrected chi connectivity index (χ0v) is 24.3. The van der Waals surface area contributed by atoms with Gasteiger partial charge in [-0.25, -0.2) is 0 Å². The van der Waals surface area contributed by atoms with Gasteiger partial charge in [0.25, 0.3) is 17.1 Å². The third kappa shape index (κ3) is 7.33. The van der Waals surface area contributed by atoms with E-state index in [0.29, 0.717) is 56.7 Å². The van der Waals surface area contributed by atoms with E-state index in [1.54, 1.807) is 54.6 Å². The number of thioether (sulfide) groups is 1. The van der Waals surface area contributed by atoms with Gasteiger partial charge in [0.05, 0.1) is 36.9 Å². The number of ether oxygens (including phenoxy) is 4. The molecule has 0 aromatic heterocycles. The van der Waals surface area contributed by atoms with E-state index in [-0.39, 0.29) is 11.5 Å². The van der Waals surface area contributed by atoms with Crippen LogP contribution in [0.5, 0.6) is 23.0 Å². The molecule has 218 valence electrons. The summed E-state index contributed by atoms with van der Waals surface area (Å²) in [5, 5.41) is 5.05. The number of halogens is 1. The van der Waals surface area contributed by atoms with E-state index in [9.17, 15) is 19.2 Å². The predicted octanol–water partition coefficient (Wildman–Crippen LogP) is 5.06. The molecule has 1 aliphatic rings. The van der Waals surface area contributed by atoms with Crippen LogP contribution in [0.1, 0.15) is 5.56 Å². The molecule has 0 saturated carbocycles. The molecule has 42 heavy (non-hydrogen) atoms. The Bertz CT molecular complexity index is 1560. The van der Waals surface area contributed by atoms with Crippen LogP contribution in [-0.4, -0.2) is 62.3 Å². The Kier molecular flexibility index (Phi) is 9.94. The normalized spacial score (nSPS) is 13.6. The number of benzene rings is 3. The third-order valence-corrected chi connectivity index (χ3v) is 7.04. The van der Waals surface area contributed by atoms with Crippen LogP contribution < -0.4 is 29.6 Å². The lowest BCUT2D eigenvalue weighted by Crippen LogP contribution is -2.36. The number of para-hydroxylation sites is 2. The Morgan fingerprint density at radius 2 is 1.57 bits per heavy atom. The van der Waals surface area contributed by atoms with Crippen molar-refractivity contribution in [2.45, 2.75) is 0 Å². The Labute approximate surface area is 250 Å². The highest BCUT2D eigenvalue weighted by molar-refractivity contribution is 8.18. The van der Waals surface area contributed by atoms with Crippen LogP contribution in [0.15, 0.2) is 65.6 Å². The van der Waals surface area contributed by atoms with Crippen molar-refractivity contribution >= 4 is 63.8 Å². The number of carbonyl (C=O) groups is 4. The van der Waals surface area contributed by atoms with Gasteiger partial charge in [-0.1, -0.05) is 29.8 Å². The van der Waals surface area contributed by atoms with Gasteiger partial charge in [0.2, 0.25) is 5.91 Å². The minimum Gasteiger partial charge on any atom is -0.495 e. The van der Waals surface area contributed by atoms with E-state index in [1.165, 1.54) is 33.5 Å². The fraction of sp³-hybridized carbons (Fsp3) is 0.172. The molecular formula is C29H26ClN3O8S. The second-order valence-electron chi connectivity index (χ2n) is 8.61. The van der Waals surface area contributed by atoms with Crippen LogP contribution in [0.3, 0.4) is 0 Å². The lowest BCUT2D eigenvalue weighted by Gasteiger charge is -2.13. The summed E-state index contributed by atoms with van der Waals surface area (Å²) in [4.78, 5) is 51.4. The first kappa shape index (κ1) is 30.3. The standard InChI is InChI=1S/C29H26ClN3O8S/c1-38-21-11-9-18(14-19(21)30)31-26(34)15-33-28(36)25(42-29(33)37)13-17-8-10-23(24(12-17)40-3)41-16-27(35)32-20-6-4-5-7-22(20)39-2/h4-14H,15-16H2,1-3H3,(H,31,34)(H,32,35)/b25-13-. The van der Waals surface area contributed by atoms with E-state index in [1.807, 2.05) is 0 Å². The number of amides is 4. The van der Waals surface area contributed by atoms with Crippen molar-refractivity contribution in [2.24, 2.45) is 0 Å². The summed E-state index contributed by atoms with van der Waals surface area (Å²) < 4.78 is 21.3. The van der Waals surface area contributed by atoms with E-state index >= 15 is 0 Å². The fourth-order valence-electron chi connectivity index (χ4n) is 3.85. The molecule has 2 N–H and O–H groups in total. The van der Waals surface area contributed by atoms with Gasteiger partial charge in [0.1, 0.15) is 18.0 Å². The van der Waals surface area contributed by atoms with Crippen LogP contribution in [0.25, 0.3) is 6.08 Å². The maximum Gasteiger partial charge on any atom is 0.294 e. The average molecular weight is 612 g/mol. The van der Waals surface area contributed by atoms with Crippen LogP contribution in [0.4, 0.5) is 16.2 Å². The molecule has 11 nitrogen and oxygen atoms in total. The minimum absolute atomic E-state index is 0.132. The van der Waals surface area contributed by atoms with Crippen LogP contribution >= 0.6 is 23.4 Å². The summed E-state index contributed by atoms with van der Waals surface area (Å²) in [6.45, 7) is -0.768. The number of imide groups is 1. The molecule has 1 aliphatic heterocycles. The first-order chi connectivity index (χ1) is 20.2. The van der Waals surface area contributed by atoms with Crippen LogP contribution in [-0.2, 0) is 14.4 Å². The molecule has 13 heteroatoms. The van der Waals surface area contributed by atoms with Gasteiger partial charge in [-0.3, -0.25) is 24.1 Å². The lowest BCUT2D eigenvalue weighted by molar-refractivity contribution is -0.127. The Hall–Kier alpha value is -4.68. The van der Waals surface area contributed by atoms with Crippen molar-refractivity contribution in [2.75, 3.05) is 45.1 Å². The Balaban J connectivity index is 1.38. The lowest BCUT2D eigenvalue weighted by atomic mass is 10.2. The van der Waals surface area contributed by atoms with E-state index in [4.69, 9.17) is 30.5 Å². The molecule has 0 aliphatic carbocycles. The second-order valence-corrected chi connectivity index (χ2v) is 10.0. The van der Waals surface area contributed by atoms with Crippen molar-refractivity contribution in [1.29, 1.82) is 0 Å². The number of carbonyl (C=O) groups excluding carboxylic acids is 4. The summed E-state index contributed by atoms with van der Waals surface area (Å²) in [6, 6.07) is 16.5. The molecule has 4 amide bonds. The van der Waals surface area contributed by atoms with Gasteiger partial charge in [0.15, 0.2) is 18.1 Å². The number of nitrogens with one attached hydrogen (secondary N) is 2. The molecule has 0 atom stereocenters. The number of rotatable bonds is 11. The average Bonchev–Trinajstić information content (AvgIpc) is 3.23. The van der Waals surface area contributed by atoms with Gasteiger partial charge < -0.3 is 29.6 Å². The van der Waals surface area contributed by atoms with Crippen molar-refractivity contribution in [1.82, 2.24) is 4.90 Å².